The molecule has 1 fully saturated rings. The van der Waals surface area contributed by atoms with E-state index in [1.807, 2.05) is 0 Å². The number of rotatable bonds is 8. The fourth-order valence-corrected chi connectivity index (χ4v) is 1.84. The summed E-state index contributed by atoms with van der Waals surface area (Å²) in [6, 6.07) is -0.692. The van der Waals surface area contributed by atoms with E-state index < -0.39 is 18.1 Å². The van der Waals surface area contributed by atoms with Gasteiger partial charge in [0.25, 0.3) is 5.91 Å². The van der Waals surface area contributed by atoms with E-state index in [1.165, 1.54) is 4.90 Å². The maximum Gasteiger partial charge on any atom is 0.326 e. The molecule has 2 atom stereocenters. The molecule has 1 aliphatic rings. The summed E-state index contributed by atoms with van der Waals surface area (Å²) in [7, 11) is 0. The van der Waals surface area contributed by atoms with Crippen molar-refractivity contribution in [2.45, 2.75) is 64.6 Å². The first kappa shape index (κ1) is 15.0. The van der Waals surface area contributed by atoms with Crippen molar-refractivity contribution in [1.29, 1.82) is 0 Å². The normalized spacial score (nSPS) is 18.2. The van der Waals surface area contributed by atoms with E-state index in [0.717, 1.165) is 25.7 Å². The van der Waals surface area contributed by atoms with Crippen LogP contribution in [0.1, 0.15) is 46.5 Å². The fourth-order valence-electron chi connectivity index (χ4n) is 1.84. The average Bonchev–Trinajstić information content (AvgIpc) is 3.13. The lowest BCUT2D eigenvalue weighted by Crippen LogP contribution is -2.49. The lowest BCUT2D eigenvalue weighted by atomic mass is 10.2. The molecule has 18 heavy (non-hydrogen) atoms. The van der Waals surface area contributed by atoms with Gasteiger partial charge in [-0.2, -0.15) is 0 Å². The molecule has 104 valence electrons. The zero-order chi connectivity index (χ0) is 13.7. The second kappa shape index (κ2) is 6.73. The van der Waals surface area contributed by atoms with Crippen LogP contribution in [0.4, 0.5) is 0 Å². The van der Waals surface area contributed by atoms with E-state index in [0.29, 0.717) is 6.61 Å². The van der Waals surface area contributed by atoms with Crippen LogP contribution in [0.3, 0.4) is 0 Å². The third kappa shape index (κ3) is 3.98. The number of unbranched alkanes of at least 4 members (excludes halogenated alkanes) is 1. The molecule has 1 N–H and O–H groups in total. The van der Waals surface area contributed by atoms with Gasteiger partial charge in [-0.3, -0.25) is 4.79 Å². The zero-order valence-electron chi connectivity index (χ0n) is 11.4. The molecule has 2 unspecified atom stereocenters. The number of ether oxygens (including phenoxy) is 1. The van der Waals surface area contributed by atoms with Crippen LogP contribution < -0.4 is 0 Å². The number of hydrogen-bond donors (Lipinski definition) is 1. The van der Waals surface area contributed by atoms with Crippen LogP contribution in [0, 0.1) is 0 Å². The highest BCUT2D eigenvalue weighted by Gasteiger charge is 2.40. The van der Waals surface area contributed by atoms with Crippen molar-refractivity contribution in [2.24, 2.45) is 0 Å². The highest BCUT2D eigenvalue weighted by Crippen LogP contribution is 2.29. The Morgan fingerprint density at radius 1 is 1.39 bits per heavy atom. The first-order valence-electron chi connectivity index (χ1n) is 6.65. The van der Waals surface area contributed by atoms with Crippen LogP contribution in [-0.2, 0) is 14.3 Å². The third-order valence-electron chi connectivity index (χ3n) is 3.18. The molecule has 5 heteroatoms. The van der Waals surface area contributed by atoms with Crippen molar-refractivity contribution in [1.82, 2.24) is 4.90 Å². The van der Waals surface area contributed by atoms with Crippen molar-refractivity contribution < 1.29 is 19.4 Å². The molecule has 0 bridgehead atoms. The molecule has 1 amide bonds. The predicted octanol–water partition coefficient (Wildman–Crippen LogP) is 1.66. The number of nitrogens with zero attached hydrogens (tertiary/aromatic N) is 1. The standard InChI is InChI=1S/C13H23NO4/c1-4-5-8-18-10(3)12(15)14(11-6-7-11)9(2)13(16)17/h9-11H,4-8H2,1-3H3,(H,16,17). The molecule has 0 heterocycles. The first-order chi connectivity index (χ1) is 8.49. The molecular weight excluding hydrogens is 234 g/mol. The third-order valence-corrected chi connectivity index (χ3v) is 3.18. The topological polar surface area (TPSA) is 66.8 Å². The summed E-state index contributed by atoms with van der Waals surface area (Å²) >= 11 is 0. The van der Waals surface area contributed by atoms with Crippen molar-refractivity contribution in [3.63, 3.8) is 0 Å². The van der Waals surface area contributed by atoms with Gasteiger partial charge in [-0.15, -0.1) is 0 Å². The van der Waals surface area contributed by atoms with Crippen LogP contribution in [0.15, 0.2) is 0 Å². The SMILES string of the molecule is CCCCOC(C)C(=O)N(C1CC1)C(C)C(=O)O. The maximum absolute atomic E-state index is 12.2. The van der Waals surface area contributed by atoms with E-state index in [9.17, 15) is 9.59 Å². The van der Waals surface area contributed by atoms with Gasteiger partial charge in [0, 0.05) is 12.6 Å². The molecule has 1 rings (SSSR count). The molecule has 5 nitrogen and oxygen atoms in total. The summed E-state index contributed by atoms with van der Waals surface area (Å²) in [6.07, 6.45) is 3.16. The Bertz CT molecular complexity index is 301. The quantitative estimate of drug-likeness (QED) is 0.671. The van der Waals surface area contributed by atoms with Crippen LogP contribution in [0.5, 0.6) is 0 Å². The van der Waals surface area contributed by atoms with Gasteiger partial charge in [0.05, 0.1) is 0 Å². The van der Waals surface area contributed by atoms with Gasteiger partial charge >= 0.3 is 5.97 Å². The average molecular weight is 257 g/mol. The summed E-state index contributed by atoms with van der Waals surface area (Å²) in [5.74, 6) is -1.17. The molecule has 0 aromatic carbocycles. The Morgan fingerprint density at radius 3 is 2.44 bits per heavy atom. The van der Waals surface area contributed by atoms with Gasteiger partial charge in [-0.05, 0) is 33.1 Å². The Morgan fingerprint density at radius 2 is 2.00 bits per heavy atom. The Kier molecular flexibility index (Phi) is 5.59. The summed E-state index contributed by atoms with van der Waals surface area (Å²) in [5, 5.41) is 9.04. The maximum atomic E-state index is 12.2. The minimum absolute atomic E-state index is 0.0841. The number of carbonyl (C=O) groups is 2. The molecule has 0 aromatic rings. The Hall–Kier alpha value is -1.10. The number of hydrogen-bond acceptors (Lipinski definition) is 3. The van der Waals surface area contributed by atoms with Crippen molar-refractivity contribution >= 4 is 11.9 Å². The summed E-state index contributed by atoms with van der Waals surface area (Å²) in [6.45, 7) is 5.85. The van der Waals surface area contributed by atoms with E-state index in [1.54, 1.807) is 13.8 Å². The molecule has 1 aliphatic carbocycles. The molecule has 0 aliphatic heterocycles. The smallest absolute Gasteiger partial charge is 0.326 e. The van der Waals surface area contributed by atoms with Gasteiger partial charge in [0.1, 0.15) is 12.1 Å². The van der Waals surface area contributed by atoms with Gasteiger partial charge in [0.2, 0.25) is 0 Å². The highest BCUT2D eigenvalue weighted by atomic mass is 16.5. The van der Waals surface area contributed by atoms with E-state index in [2.05, 4.69) is 6.92 Å². The van der Waals surface area contributed by atoms with Crippen LogP contribution in [0.2, 0.25) is 0 Å². The second-order valence-corrected chi connectivity index (χ2v) is 4.86. The van der Waals surface area contributed by atoms with E-state index in [4.69, 9.17) is 9.84 Å². The van der Waals surface area contributed by atoms with Crippen LogP contribution in [-0.4, -0.2) is 46.7 Å². The summed E-state index contributed by atoms with van der Waals surface area (Å²) in [5.41, 5.74) is 0. The first-order valence-corrected chi connectivity index (χ1v) is 6.65. The largest absolute Gasteiger partial charge is 0.480 e. The molecular formula is C13H23NO4. The summed E-state index contributed by atoms with van der Waals surface area (Å²) in [4.78, 5) is 24.7. The Balaban J connectivity index is 2.56. The van der Waals surface area contributed by atoms with Gasteiger partial charge in [-0.25, -0.2) is 4.79 Å². The molecule has 0 spiro atoms. The zero-order valence-corrected chi connectivity index (χ0v) is 11.4. The predicted molar refractivity (Wildman–Crippen MR) is 67.3 cm³/mol. The minimum atomic E-state index is -0.962. The van der Waals surface area contributed by atoms with Crippen molar-refractivity contribution in [2.75, 3.05) is 6.61 Å². The lowest BCUT2D eigenvalue weighted by Gasteiger charge is -2.29. The lowest BCUT2D eigenvalue weighted by molar-refractivity contribution is -0.155. The summed E-state index contributed by atoms with van der Waals surface area (Å²) < 4.78 is 5.45. The molecule has 0 saturated heterocycles. The van der Waals surface area contributed by atoms with Crippen LogP contribution in [0.25, 0.3) is 0 Å². The van der Waals surface area contributed by atoms with Gasteiger partial charge < -0.3 is 14.7 Å². The highest BCUT2D eigenvalue weighted by molar-refractivity contribution is 5.86. The second-order valence-electron chi connectivity index (χ2n) is 4.86. The Labute approximate surface area is 108 Å². The number of carbonyl (C=O) groups excluding carboxylic acids is 1. The monoisotopic (exact) mass is 257 g/mol. The number of carboxylic acid groups (broad SMARTS) is 1. The van der Waals surface area contributed by atoms with Crippen molar-refractivity contribution in [3.8, 4) is 0 Å². The minimum Gasteiger partial charge on any atom is -0.480 e. The van der Waals surface area contributed by atoms with E-state index in [-0.39, 0.29) is 11.9 Å². The number of amides is 1. The molecule has 1 saturated carbocycles. The molecule has 0 aromatic heterocycles. The number of carboxylic acids is 1. The van der Waals surface area contributed by atoms with Crippen LogP contribution >= 0.6 is 0 Å². The molecule has 0 radical (unpaired) electrons. The fraction of sp³-hybridized carbons (Fsp3) is 0.846. The van der Waals surface area contributed by atoms with Crippen molar-refractivity contribution in [3.05, 3.63) is 0 Å². The van der Waals surface area contributed by atoms with E-state index >= 15 is 0 Å². The van der Waals surface area contributed by atoms with Gasteiger partial charge in [0.15, 0.2) is 0 Å². The van der Waals surface area contributed by atoms with Gasteiger partial charge in [-0.1, -0.05) is 13.3 Å². The number of aliphatic carboxylic acids is 1.